The third-order valence-corrected chi connectivity index (χ3v) is 6.42. The molecule has 9 heteroatoms. The van der Waals surface area contributed by atoms with Crippen LogP contribution in [0.3, 0.4) is 0 Å². The lowest BCUT2D eigenvalue weighted by molar-refractivity contribution is -0.149. The summed E-state index contributed by atoms with van der Waals surface area (Å²) in [5.41, 5.74) is 5.07. The average molecular weight is 460 g/mol. The number of hydrogen-bond acceptors (Lipinski definition) is 4. The zero-order valence-electron chi connectivity index (χ0n) is 17.2. The molecule has 1 unspecified atom stereocenters. The van der Waals surface area contributed by atoms with E-state index in [4.69, 9.17) is 17.3 Å². The number of carbonyl (C=O) groups excluding carboxylic acids is 3. The summed E-state index contributed by atoms with van der Waals surface area (Å²) in [4.78, 5) is 39.3. The van der Waals surface area contributed by atoms with Crippen molar-refractivity contribution < 1.29 is 23.9 Å². The molecule has 168 valence electrons. The Bertz CT molecular complexity index is 1080. The Hall–Kier alpha value is -2.97. The molecule has 0 radical (unpaired) electrons. The summed E-state index contributed by atoms with van der Waals surface area (Å²) in [5.74, 6) is -2.75. The van der Waals surface area contributed by atoms with Crippen LogP contribution in [-0.2, 0) is 16.1 Å². The fraction of sp³-hybridized carbons (Fsp3) is 0.348. The smallest absolute Gasteiger partial charge is 0.268 e. The first kappa shape index (κ1) is 22.2. The molecular formula is C23H23ClFN3O4. The second-order valence-corrected chi connectivity index (χ2v) is 8.70. The van der Waals surface area contributed by atoms with Gasteiger partial charge in [0.25, 0.3) is 17.7 Å². The van der Waals surface area contributed by atoms with E-state index in [2.05, 4.69) is 5.32 Å². The molecule has 2 aliphatic rings. The average Bonchev–Trinajstić information content (AvgIpc) is 2.99. The van der Waals surface area contributed by atoms with E-state index in [9.17, 15) is 23.9 Å². The molecule has 1 heterocycles. The molecule has 1 saturated heterocycles. The van der Waals surface area contributed by atoms with E-state index in [0.717, 1.165) is 30.9 Å². The fourth-order valence-corrected chi connectivity index (χ4v) is 4.54. The van der Waals surface area contributed by atoms with Gasteiger partial charge in [-0.3, -0.25) is 14.4 Å². The van der Waals surface area contributed by atoms with Gasteiger partial charge < -0.3 is 21.1 Å². The number of nitrogens with zero attached hydrogens (tertiary/aromatic N) is 1. The normalized spacial score (nSPS) is 20.8. The molecule has 4 rings (SSSR count). The Morgan fingerprint density at radius 1 is 1.28 bits per heavy atom. The SMILES string of the molecule is NC(=O)c1c(C2CCC2)cccc1N1CCC(O)(C(=O)NCc2cc(F)cc(Cl)c2)C1=O. The molecule has 4 N–H and O–H groups in total. The minimum absolute atomic E-state index is 0.0446. The number of carbonyl (C=O) groups is 3. The highest BCUT2D eigenvalue weighted by Crippen LogP contribution is 2.41. The van der Waals surface area contributed by atoms with Crippen LogP contribution in [0.25, 0.3) is 0 Å². The van der Waals surface area contributed by atoms with E-state index in [-0.39, 0.29) is 36.0 Å². The summed E-state index contributed by atoms with van der Waals surface area (Å²) in [6, 6.07) is 8.98. The van der Waals surface area contributed by atoms with Crippen molar-refractivity contribution in [2.24, 2.45) is 5.73 Å². The third kappa shape index (κ3) is 3.96. The lowest BCUT2D eigenvalue weighted by Crippen LogP contribution is -2.52. The van der Waals surface area contributed by atoms with E-state index >= 15 is 0 Å². The van der Waals surface area contributed by atoms with Crippen LogP contribution in [0.4, 0.5) is 10.1 Å². The summed E-state index contributed by atoms with van der Waals surface area (Å²) < 4.78 is 13.5. The first-order chi connectivity index (χ1) is 15.2. The largest absolute Gasteiger partial charge is 0.372 e. The van der Waals surface area contributed by atoms with E-state index in [1.54, 1.807) is 12.1 Å². The van der Waals surface area contributed by atoms with Crippen molar-refractivity contribution in [3.63, 3.8) is 0 Å². The molecule has 2 aromatic rings. The van der Waals surface area contributed by atoms with Crippen molar-refractivity contribution in [1.29, 1.82) is 0 Å². The van der Waals surface area contributed by atoms with Crippen molar-refractivity contribution in [1.82, 2.24) is 5.32 Å². The van der Waals surface area contributed by atoms with Crippen LogP contribution in [0.2, 0.25) is 5.02 Å². The Labute approximate surface area is 189 Å². The predicted octanol–water partition coefficient (Wildman–Crippen LogP) is 2.63. The molecule has 0 spiro atoms. The maximum atomic E-state index is 13.5. The summed E-state index contributed by atoms with van der Waals surface area (Å²) in [7, 11) is 0. The second-order valence-electron chi connectivity index (χ2n) is 8.26. The van der Waals surface area contributed by atoms with Gasteiger partial charge in [0.05, 0.1) is 11.3 Å². The molecule has 32 heavy (non-hydrogen) atoms. The summed E-state index contributed by atoms with van der Waals surface area (Å²) in [6.07, 6.45) is 2.78. The van der Waals surface area contributed by atoms with Crippen molar-refractivity contribution in [2.45, 2.75) is 43.7 Å². The van der Waals surface area contributed by atoms with Crippen LogP contribution in [0.5, 0.6) is 0 Å². The van der Waals surface area contributed by atoms with Gasteiger partial charge in [-0.2, -0.15) is 0 Å². The Morgan fingerprint density at radius 3 is 2.66 bits per heavy atom. The Morgan fingerprint density at radius 2 is 2.03 bits per heavy atom. The zero-order valence-corrected chi connectivity index (χ0v) is 18.0. The number of nitrogens with one attached hydrogen (secondary N) is 1. The van der Waals surface area contributed by atoms with Crippen LogP contribution in [-0.4, -0.2) is 35.0 Å². The highest BCUT2D eigenvalue weighted by Gasteiger charge is 2.52. The predicted molar refractivity (Wildman–Crippen MR) is 117 cm³/mol. The van der Waals surface area contributed by atoms with E-state index in [1.165, 1.54) is 17.0 Å². The van der Waals surface area contributed by atoms with Gasteiger partial charge in [0.1, 0.15) is 5.82 Å². The first-order valence-corrected chi connectivity index (χ1v) is 10.8. The van der Waals surface area contributed by atoms with Gasteiger partial charge in [-0.15, -0.1) is 0 Å². The number of rotatable bonds is 6. The Balaban J connectivity index is 1.55. The molecule has 0 bridgehead atoms. The molecule has 1 saturated carbocycles. The molecule has 2 fully saturated rings. The van der Waals surface area contributed by atoms with E-state index < -0.39 is 29.1 Å². The second kappa shape index (κ2) is 8.52. The third-order valence-electron chi connectivity index (χ3n) is 6.20. The van der Waals surface area contributed by atoms with Gasteiger partial charge in [0, 0.05) is 24.5 Å². The van der Waals surface area contributed by atoms with Crippen LogP contribution in [0.15, 0.2) is 36.4 Å². The number of anilines is 1. The van der Waals surface area contributed by atoms with Gasteiger partial charge in [-0.05, 0) is 54.2 Å². The number of benzene rings is 2. The maximum absolute atomic E-state index is 13.5. The quantitative estimate of drug-likeness (QED) is 0.576. The molecule has 3 amide bonds. The molecule has 1 atom stereocenters. The molecule has 0 aromatic heterocycles. The number of aliphatic hydroxyl groups is 1. The minimum atomic E-state index is -2.31. The standard InChI is InChI=1S/C23H23ClFN3O4/c24-15-9-13(10-16(25)11-15)12-27-21(30)23(32)7-8-28(22(23)31)18-6-2-5-17(14-3-1-4-14)19(18)20(26)29/h2,5-6,9-11,14,32H,1,3-4,7-8,12H2,(H2,26,29)(H,27,30). The molecule has 7 nitrogen and oxygen atoms in total. The molecule has 1 aliphatic carbocycles. The van der Waals surface area contributed by atoms with E-state index in [0.29, 0.717) is 11.3 Å². The van der Waals surface area contributed by atoms with Gasteiger partial charge >= 0.3 is 0 Å². The van der Waals surface area contributed by atoms with E-state index in [1.807, 2.05) is 6.07 Å². The maximum Gasteiger partial charge on any atom is 0.268 e. The van der Waals surface area contributed by atoms with Crippen LogP contribution in [0, 0.1) is 5.82 Å². The molecule has 1 aliphatic heterocycles. The lowest BCUT2D eigenvalue weighted by Gasteiger charge is -2.30. The van der Waals surface area contributed by atoms with Crippen LogP contribution >= 0.6 is 11.6 Å². The monoisotopic (exact) mass is 459 g/mol. The van der Waals surface area contributed by atoms with Crippen molar-refractivity contribution >= 4 is 35.0 Å². The number of nitrogens with two attached hydrogens (primary N) is 1. The number of halogens is 2. The van der Waals surface area contributed by atoms with Gasteiger partial charge in [-0.25, -0.2) is 4.39 Å². The summed E-state index contributed by atoms with van der Waals surface area (Å²) in [5, 5.41) is 13.5. The van der Waals surface area contributed by atoms with Crippen LogP contribution in [0.1, 0.15) is 53.1 Å². The molecular weight excluding hydrogens is 437 g/mol. The number of amides is 3. The minimum Gasteiger partial charge on any atom is -0.372 e. The number of hydrogen-bond donors (Lipinski definition) is 3. The zero-order chi connectivity index (χ0) is 23.0. The highest BCUT2D eigenvalue weighted by atomic mass is 35.5. The van der Waals surface area contributed by atoms with Crippen molar-refractivity contribution in [3.8, 4) is 0 Å². The Kier molecular flexibility index (Phi) is 5.92. The first-order valence-electron chi connectivity index (χ1n) is 10.4. The van der Waals surface area contributed by atoms with Gasteiger partial charge in [-0.1, -0.05) is 30.2 Å². The summed E-state index contributed by atoms with van der Waals surface area (Å²) in [6.45, 7) is -0.0709. The highest BCUT2D eigenvalue weighted by molar-refractivity contribution is 6.30. The number of primary amides is 1. The topological polar surface area (TPSA) is 113 Å². The lowest BCUT2D eigenvalue weighted by atomic mass is 9.77. The van der Waals surface area contributed by atoms with Crippen LogP contribution < -0.4 is 16.0 Å². The molecule has 2 aromatic carbocycles. The van der Waals surface area contributed by atoms with Crippen molar-refractivity contribution in [2.75, 3.05) is 11.4 Å². The fourth-order valence-electron chi connectivity index (χ4n) is 4.30. The van der Waals surface area contributed by atoms with Gasteiger partial charge in [0.2, 0.25) is 5.60 Å². The van der Waals surface area contributed by atoms with Gasteiger partial charge in [0.15, 0.2) is 0 Å². The van der Waals surface area contributed by atoms with Crippen molar-refractivity contribution in [3.05, 3.63) is 63.9 Å². The summed E-state index contributed by atoms with van der Waals surface area (Å²) >= 11 is 5.82.